The van der Waals surface area contributed by atoms with Crippen LogP contribution in [0.3, 0.4) is 0 Å². The quantitative estimate of drug-likeness (QED) is 0.715. The highest BCUT2D eigenvalue weighted by molar-refractivity contribution is 6.30. The highest BCUT2D eigenvalue weighted by Crippen LogP contribution is 2.19. The number of pyridine rings is 1. The second-order valence-corrected chi connectivity index (χ2v) is 6.12. The maximum Gasteiger partial charge on any atom is 0.225 e. The van der Waals surface area contributed by atoms with Crippen LogP contribution in [0.25, 0.3) is 11.3 Å². The van der Waals surface area contributed by atoms with Gasteiger partial charge in [-0.05, 0) is 24.3 Å². The minimum absolute atomic E-state index is 0.548. The van der Waals surface area contributed by atoms with Gasteiger partial charge in [-0.3, -0.25) is 4.98 Å². The number of nitrogens with zero attached hydrogens (tertiary/aromatic N) is 7. The number of rotatable bonds is 3. The summed E-state index contributed by atoms with van der Waals surface area (Å²) in [5, 5.41) is 9.26. The Hall–Kier alpha value is -2.80. The lowest BCUT2D eigenvalue weighted by Gasteiger charge is -2.35. The molecule has 1 aliphatic rings. The Labute approximate surface area is 150 Å². The third-order valence-corrected chi connectivity index (χ3v) is 4.31. The van der Waals surface area contributed by atoms with Crippen molar-refractivity contribution in [2.75, 3.05) is 36.0 Å². The molecular weight excluding hydrogens is 338 g/mol. The molecule has 4 heterocycles. The minimum Gasteiger partial charge on any atom is -0.352 e. The zero-order valence-corrected chi connectivity index (χ0v) is 14.2. The Balaban J connectivity index is 1.41. The molecule has 3 aromatic rings. The standard InChI is InChI=1S/C17H16ClN7/c18-14-11-20-17(21-12-14)25-9-7-24(8-10-25)16-2-1-15(22-23-16)13-3-5-19-6-4-13/h1-6,11-12H,7-10H2. The van der Waals surface area contributed by atoms with Crippen molar-refractivity contribution in [3.05, 3.63) is 54.1 Å². The van der Waals surface area contributed by atoms with Gasteiger partial charge in [-0.25, -0.2) is 9.97 Å². The summed E-state index contributed by atoms with van der Waals surface area (Å²) in [7, 11) is 0. The minimum atomic E-state index is 0.548. The zero-order chi connectivity index (χ0) is 17.1. The molecule has 7 nitrogen and oxygen atoms in total. The van der Waals surface area contributed by atoms with Crippen LogP contribution in [0.2, 0.25) is 5.02 Å². The van der Waals surface area contributed by atoms with Crippen LogP contribution in [0.15, 0.2) is 49.1 Å². The van der Waals surface area contributed by atoms with Crippen LogP contribution in [0, 0.1) is 0 Å². The van der Waals surface area contributed by atoms with Crippen molar-refractivity contribution in [1.82, 2.24) is 25.1 Å². The summed E-state index contributed by atoms with van der Waals surface area (Å²) in [6, 6.07) is 7.85. The Bertz CT molecular complexity index is 816. The normalized spacial score (nSPS) is 14.6. The smallest absolute Gasteiger partial charge is 0.225 e. The van der Waals surface area contributed by atoms with Gasteiger partial charge in [0.1, 0.15) is 0 Å². The summed E-state index contributed by atoms with van der Waals surface area (Å²) < 4.78 is 0. The topological polar surface area (TPSA) is 70.9 Å². The molecule has 0 unspecified atom stereocenters. The molecule has 1 saturated heterocycles. The van der Waals surface area contributed by atoms with Gasteiger partial charge >= 0.3 is 0 Å². The summed E-state index contributed by atoms with van der Waals surface area (Å²) in [4.78, 5) is 16.9. The van der Waals surface area contributed by atoms with Crippen LogP contribution in [-0.4, -0.2) is 51.3 Å². The van der Waals surface area contributed by atoms with Crippen LogP contribution in [0.5, 0.6) is 0 Å². The predicted octanol–water partition coefficient (Wildman–Crippen LogP) is 2.31. The summed E-state index contributed by atoms with van der Waals surface area (Å²) in [6.07, 6.45) is 6.76. The largest absolute Gasteiger partial charge is 0.352 e. The number of aromatic nitrogens is 5. The highest BCUT2D eigenvalue weighted by Gasteiger charge is 2.20. The van der Waals surface area contributed by atoms with Crippen LogP contribution >= 0.6 is 11.6 Å². The first-order chi connectivity index (χ1) is 12.3. The Kier molecular flexibility index (Phi) is 4.39. The first kappa shape index (κ1) is 15.7. The van der Waals surface area contributed by atoms with Gasteiger partial charge in [-0.2, -0.15) is 0 Å². The van der Waals surface area contributed by atoms with E-state index >= 15 is 0 Å². The maximum absolute atomic E-state index is 5.84. The van der Waals surface area contributed by atoms with E-state index in [0.717, 1.165) is 43.3 Å². The highest BCUT2D eigenvalue weighted by atomic mass is 35.5. The molecule has 0 N–H and O–H groups in total. The molecule has 1 aliphatic heterocycles. The molecule has 8 heteroatoms. The molecule has 0 radical (unpaired) electrons. The molecule has 4 rings (SSSR count). The second-order valence-electron chi connectivity index (χ2n) is 5.69. The Morgan fingerprint density at radius 3 is 2.12 bits per heavy atom. The third kappa shape index (κ3) is 3.51. The lowest BCUT2D eigenvalue weighted by molar-refractivity contribution is 0.631. The molecule has 3 aromatic heterocycles. The molecule has 1 fully saturated rings. The van der Waals surface area contributed by atoms with Gasteiger partial charge in [-0.15, -0.1) is 10.2 Å². The average molecular weight is 354 g/mol. The number of hydrogen-bond donors (Lipinski definition) is 0. The molecular formula is C17H16ClN7. The second kappa shape index (κ2) is 6.98. The van der Waals surface area contributed by atoms with E-state index in [0.29, 0.717) is 11.0 Å². The summed E-state index contributed by atoms with van der Waals surface area (Å²) >= 11 is 5.84. The SMILES string of the molecule is Clc1cnc(N2CCN(c3ccc(-c4ccncc4)nn3)CC2)nc1. The number of hydrogen-bond acceptors (Lipinski definition) is 7. The molecule has 0 spiro atoms. The van der Waals surface area contributed by atoms with Gasteiger partial charge in [0.25, 0.3) is 0 Å². The first-order valence-corrected chi connectivity index (χ1v) is 8.39. The molecule has 0 aliphatic carbocycles. The summed E-state index contributed by atoms with van der Waals surface area (Å²) in [6.45, 7) is 3.34. The fourth-order valence-electron chi connectivity index (χ4n) is 2.77. The average Bonchev–Trinajstić information content (AvgIpc) is 2.70. The fraction of sp³-hybridized carbons (Fsp3) is 0.235. The molecule has 126 valence electrons. The van der Waals surface area contributed by atoms with Gasteiger partial charge in [0.2, 0.25) is 5.95 Å². The van der Waals surface area contributed by atoms with E-state index in [4.69, 9.17) is 11.6 Å². The summed E-state index contributed by atoms with van der Waals surface area (Å²) in [5.41, 5.74) is 1.86. The molecule has 0 bridgehead atoms. The van der Waals surface area contributed by atoms with Crippen LogP contribution < -0.4 is 9.80 Å². The number of piperazine rings is 1. The summed E-state index contributed by atoms with van der Waals surface area (Å²) in [5.74, 6) is 1.60. The van der Waals surface area contributed by atoms with Crippen molar-refractivity contribution < 1.29 is 0 Å². The van der Waals surface area contributed by atoms with E-state index in [9.17, 15) is 0 Å². The van der Waals surface area contributed by atoms with Crippen LogP contribution in [-0.2, 0) is 0 Å². The fourth-order valence-corrected chi connectivity index (χ4v) is 2.87. The Morgan fingerprint density at radius 2 is 1.48 bits per heavy atom. The number of anilines is 2. The van der Waals surface area contributed by atoms with Crippen molar-refractivity contribution in [3.63, 3.8) is 0 Å². The lowest BCUT2D eigenvalue weighted by Crippen LogP contribution is -2.47. The number of halogens is 1. The first-order valence-electron chi connectivity index (χ1n) is 8.01. The maximum atomic E-state index is 5.84. The van der Waals surface area contributed by atoms with Crippen molar-refractivity contribution in [3.8, 4) is 11.3 Å². The van der Waals surface area contributed by atoms with Crippen molar-refractivity contribution in [2.24, 2.45) is 0 Å². The monoisotopic (exact) mass is 353 g/mol. The van der Waals surface area contributed by atoms with Gasteiger partial charge in [0, 0.05) is 44.1 Å². The molecule has 0 atom stereocenters. The van der Waals surface area contributed by atoms with Gasteiger partial charge < -0.3 is 9.80 Å². The third-order valence-electron chi connectivity index (χ3n) is 4.12. The van der Waals surface area contributed by atoms with Gasteiger partial charge in [0.15, 0.2) is 5.82 Å². The van der Waals surface area contributed by atoms with Crippen molar-refractivity contribution >= 4 is 23.4 Å². The van der Waals surface area contributed by atoms with Crippen LogP contribution in [0.1, 0.15) is 0 Å². The molecule has 0 amide bonds. The van der Waals surface area contributed by atoms with Crippen molar-refractivity contribution in [1.29, 1.82) is 0 Å². The Morgan fingerprint density at radius 1 is 0.800 bits per heavy atom. The lowest BCUT2D eigenvalue weighted by atomic mass is 10.2. The van der Waals surface area contributed by atoms with E-state index in [1.165, 1.54) is 0 Å². The molecule has 0 saturated carbocycles. The predicted molar refractivity (Wildman–Crippen MR) is 96.7 cm³/mol. The molecule has 0 aromatic carbocycles. The van der Waals surface area contributed by atoms with Gasteiger partial charge in [-0.1, -0.05) is 11.6 Å². The van der Waals surface area contributed by atoms with E-state index in [1.54, 1.807) is 24.8 Å². The van der Waals surface area contributed by atoms with Gasteiger partial charge in [0.05, 0.1) is 23.1 Å². The van der Waals surface area contributed by atoms with E-state index < -0.39 is 0 Å². The van der Waals surface area contributed by atoms with Crippen LogP contribution in [0.4, 0.5) is 11.8 Å². The van der Waals surface area contributed by atoms with Crippen molar-refractivity contribution in [2.45, 2.75) is 0 Å². The van der Waals surface area contributed by atoms with E-state index in [-0.39, 0.29) is 0 Å². The zero-order valence-electron chi connectivity index (χ0n) is 13.5. The van der Waals surface area contributed by atoms with E-state index in [2.05, 4.69) is 34.9 Å². The molecule has 25 heavy (non-hydrogen) atoms. The van der Waals surface area contributed by atoms with E-state index in [1.807, 2.05) is 24.3 Å².